The molecule has 0 fully saturated rings. The summed E-state index contributed by atoms with van der Waals surface area (Å²) in [5.74, 6) is 0. The SMILES string of the molecule is CCCCCCCC1Nc2cccc(S(=O)(=O)[O-])c2N1Cc1ccccc1.[K+]. The Morgan fingerprint density at radius 3 is 2.39 bits per heavy atom. The van der Waals surface area contributed by atoms with E-state index in [1.54, 1.807) is 6.07 Å². The number of nitrogens with zero attached hydrogens (tertiary/aromatic N) is 1. The summed E-state index contributed by atoms with van der Waals surface area (Å²) in [4.78, 5) is 1.90. The quantitative estimate of drug-likeness (QED) is 0.375. The van der Waals surface area contributed by atoms with Gasteiger partial charge in [-0.05, 0) is 30.5 Å². The molecule has 0 spiro atoms. The zero-order chi connectivity index (χ0) is 19.3. The molecular weight excluding hydrogens is 399 g/mol. The molecule has 146 valence electrons. The van der Waals surface area contributed by atoms with E-state index in [-0.39, 0.29) is 62.4 Å². The van der Waals surface area contributed by atoms with Crippen LogP contribution >= 0.6 is 0 Å². The van der Waals surface area contributed by atoms with E-state index in [1.165, 1.54) is 25.3 Å². The summed E-state index contributed by atoms with van der Waals surface area (Å²) in [7, 11) is -4.54. The fourth-order valence-corrected chi connectivity index (χ4v) is 4.40. The Morgan fingerprint density at radius 1 is 1.00 bits per heavy atom. The average molecular weight is 427 g/mol. The van der Waals surface area contributed by atoms with Crippen molar-refractivity contribution in [2.45, 2.75) is 63.1 Å². The Morgan fingerprint density at radius 2 is 1.71 bits per heavy atom. The fourth-order valence-electron chi connectivity index (χ4n) is 3.69. The standard InChI is InChI=1S/C21H28N2O3S.K/c1-2-3-4-5-9-15-20-22-18-13-10-14-19(27(24,25)26)21(18)23(20)16-17-11-7-6-8-12-17;/h6-8,10-14,20,22H,2-5,9,15-16H2,1H3,(H,24,25,26);/q;+1/p-1. The molecule has 3 rings (SSSR count). The third kappa shape index (κ3) is 6.04. The molecule has 7 heteroatoms. The van der Waals surface area contributed by atoms with Gasteiger partial charge in [0.1, 0.15) is 10.1 Å². The van der Waals surface area contributed by atoms with Gasteiger partial charge < -0.3 is 14.8 Å². The van der Waals surface area contributed by atoms with E-state index in [0.29, 0.717) is 12.2 Å². The Kier molecular flexibility index (Phi) is 9.47. The molecule has 1 unspecified atom stereocenters. The third-order valence-electron chi connectivity index (χ3n) is 5.03. The summed E-state index contributed by atoms with van der Waals surface area (Å²) < 4.78 is 35.5. The van der Waals surface area contributed by atoms with Gasteiger partial charge in [-0.3, -0.25) is 0 Å². The van der Waals surface area contributed by atoms with Crippen molar-refractivity contribution in [2.75, 3.05) is 10.2 Å². The van der Waals surface area contributed by atoms with Crippen LogP contribution in [0, 0.1) is 0 Å². The van der Waals surface area contributed by atoms with Gasteiger partial charge in [0.15, 0.2) is 0 Å². The molecule has 0 saturated heterocycles. The van der Waals surface area contributed by atoms with Gasteiger partial charge in [0.2, 0.25) is 0 Å². The second kappa shape index (κ2) is 11.1. The minimum atomic E-state index is -4.54. The molecule has 1 N–H and O–H groups in total. The van der Waals surface area contributed by atoms with Crippen molar-refractivity contribution in [1.82, 2.24) is 0 Å². The first-order chi connectivity index (χ1) is 13.0. The van der Waals surface area contributed by atoms with Crippen molar-refractivity contribution in [2.24, 2.45) is 0 Å². The molecule has 1 atom stereocenters. The minimum absolute atomic E-state index is 0. The van der Waals surface area contributed by atoms with Crippen LogP contribution in [0.25, 0.3) is 0 Å². The molecule has 28 heavy (non-hydrogen) atoms. The first-order valence-corrected chi connectivity index (χ1v) is 11.1. The zero-order valence-corrected chi connectivity index (χ0v) is 20.7. The Balaban J connectivity index is 0.00000280. The van der Waals surface area contributed by atoms with Crippen LogP contribution < -0.4 is 61.6 Å². The molecule has 1 aliphatic heterocycles. The summed E-state index contributed by atoms with van der Waals surface area (Å²) >= 11 is 0. The number of nitrogens with one attached hydrogen (secondary N) is 1. The number of fused-ring (bicyclic) bond motifs is 1. The fraction of sp³-hybridized carbons (Fsp3) is 0.429. The van der Waals surface area contributed by atoms with E-state index in [9.17, 15) is 13.0 Å². The number of rotatable bonds is 9. The maximum absolute atomic E-state index is 11.8. The number of hydrogen-bond donors (Lipinski definition) is 1. The van der Waals surface area contributed by atoms with Gasteiger partial charge >= 0.3 is 51.4 Å². The first kappa shape index (κ1) is 23.9. The van der Waals surface area contributed by atoms with Crippen molar-refractivity contribution in [1.29, 1.82) is 0 Å². The van der Waals surface area contributed by atoms with Crippen molar-refractivity contribution in [3.63, 3.8) is 0 Å². The van der Waals surface area contributed by atoms with E-state index < -0.39 is 10.1 Å². The van der Waals surface area contributed by atoms with Gasteiger partial charge in [0, 0.05) is 6.54 Å². The van der Waals surface area contributed by atoms with Crippen LogP contribution in [-0.2, 0) is 16.7 Å². The Hall–Kier alpha value is -0.414. The van der Waals surface area contributed by atoms with Crippen LogP contribution in [0.2, 0.25) is 0 Å². The molecule has 1 heterocycles. The second-order valence-corrected chi connectivity index (χ2v) is 8.43. The molecule has 0 aliphatic carbocycles. The zero-order valence-electron chi connectivity index (χ0n) is 16.7. The van der Waals surface area contributed by atoms with Crippen molar-refractivity contribution >= 4 is 21.5 Å². The number of para-hydroxylation sites is 1. The minimum Gasteiger partial charge on any atom is -0.744 e. The monoisotopic (exact) mass is 426 g/mol. The van der Waals surface area contributed by atoms with Gasteiger partial charge in [0.25, 0.3) is 0 Å². The number of hydrogen-bond acceptors (Lipinski definition) is 5. The summed E-state index contributed by atoms with van der Waals surface area (Å²) in [5.41, 5.74) is 2.32. The maximum atomic E-state index is 11.8. The van der Waals surface area contributed by atoms with E-state index >= 15 is 0 Å². The maximum Gasteiger partial charge on any atom is 1.00 e. The van der Waals surface area contributed by atoms with Crippen LogP contribution in [0.5, 0.6) is 0 Å². The topological polar surface area (TPSA) is 72.5 Å². The van der Waals surface area contributed by atoms with Gasteiger partial charge in [-0.25, -0.2) is 8.42 Å². The number of unbranched alkanes of at least 4 members (excludes halogenated alkanes) is 4. The second-order valence-electron chi connectivity index (χ2n) is 7.08. The molecule has 0 saturated carbocycles. The smallest absolute Gasteiger partial charge is 0.744 e. The summed E-state index contributed by atoms with van der Waals surface area (Å²) in [6, 6.07) is 14.8. The van der Waals surface area contributed by atoms with E-state index in [2.05, 4.69) is 12.2 Å². The molecule has 0 aromatic heterocycles. The first-order valence-electron chi connectivity index (χ1n) is 9.66. The largest absolute Gasteiger partial charge is 1.00 e. The summed E-state index contributed by atoms with van der Waals surface area (Å²) in [6.45, 7) is 2.76. The van der Waals surface area contributed by atoms with Gasteiger partial charge in [-0.2, -0.15) is 0 Å². The third-order valence-corrected chi connectivity index (χ3v) is 5.90. The normalized spacial score (nSPS) is 15.6. The predicted molar refractivity (Wildman–Crippen MR) is 108 cm³/mol. The predicted octanol–water partition coefficient (Wildman–Crippen LogP) is 1.71. The molecule has 5 nitrogen and oxygen atoms in total. The van der Waals surface area contributed by atoms with Crippen LogP contribution in [0.3, 0.4) is 0 Å². The van der Waals surface area contributed by atoms with Crippen LogP contribution in [0.4, 0.5) is 11.4 Å². The molecular formula is C21H27KN2O3S. The van der Waals surface area contributed by atoms with E-state index in [4.69, 9.17) is 0 Å². The van der Waals surface area contributed by atoms with Crippen molar-refractivity contribution in [3.05, 3.63) is 54.1 Å². The molecule has 1 aliphatic rings. The van der Waals surface area contributed by atoms with Gasteiger partial charge in [-0.1, -0.05) is 69.0 Å². The Labute approximate surface area is 211 Å². The van der Waals surface area contributed by atoms with Crippen LogP contribution in [0.1, 0.15) is 51.0 Å². The number of benzene rings is 2. The van der Waals surface area contributed by atoms with Crippen LogP contribution in [-0.4, -0.2) is 19.1 Å². The molecule has 0 bridgehead atoms. The van der Waals surface area contributed by atoms with Crippen molar-refractivity contribution < 1.29 is 64.4 Å². The van der Waals surface area contributed by atoms with Crippen molar-refractivity contribution in [3.8, 4) is 0 Å². The average Bonchev–Trinajstić information content (AvgIpc) is 2.99. The Bertz CT molecular complexity index is 859. The molecule has 2 aromatic rings. The van der Waals surface area contributed by atoms with Gasteiger partial charge in [-0.15, -0.1) is 0 Å². The summed E-state index contributed by atoms with van der Waals surface area (Å²) in [5, 5.41) is 3.43. The van der Waals surface area contributed by atoms with E-state index in [0.717, 1.165) is 30.5 Å². The molecule has 0 radical (unpaired) electrons. The molecule has 0 amide bonds. The van der Waals surface area contributed by atoms with E-state index in [1.807, 2.05) is 41.3 Å². The number of anilines is 2. The molecule has 2 aromatic carbocycles. The summed E-state index contributed by atoms with van der Waals surface area (Å²) in [6.07, 6.45) is 6.79. The van der Waals surface area contributed by atoms with Gasteiger partial charge in [0.05, 0.1) is 22.4 Å². The van der Waals surface area contributed by atoms with Crippen LogP contribution in [0.15, 0.2) is 53.4 Å².